The van der Waals surface area contributed by atoms with Gasteiger partial charge in [-0.25, -0.2) is 4.79 Å². The normalized spacial score (nSPS) is 52.2. The van der Waals surface area contributed by atoms with E-state index >= 15 is 0 Å². The summed E-state index contributed by atoms with van der Waals surface area (Å²) in [6, 6.07) is 0. The summed E-state index contributed by atoms with van der Waals surface area (Å²) in [4.78, 5) is 26.6. The molecule has 3 N–H and O–H groups in total. The number of hydrogen-bond acceptors (Lipinski definition) is 15. The average Bonchev–Trinajstić information content (AvgIpc) is 3.59. The van der Waals surface area contributed by atoms with Crippen molar-refractivity contribution in [2.75, 3.05) is 13.7 Å². The van der Waals surface area contributed by atoms with E-state index in [1.807, 2.05) is 13.0 Å². The Hall–Kier alpha value is -2.02. The fourth-order valence-electron chi connectivity index (χ4n) is 10.6. The van der Waals surface area contributed by atoms with Gasteiger partial charge in [0.05, 0.1) is 61.2 Å². The summed E-state index contributed by atoms with van der Waals surface area (Å²) in [6.07, 6.45) is -0.766. The van der Waals surface area contributed by atoms with Crippen LogP contribution in [0.1, 0.15) is 86.0 Å². The lowest BCUT2D eigenvalue weighted by Gasteiger charge is -2.50. The number of carbonyl (C=O) groups excluding carboxylic acids is 2. The van der Waals surface area contributed by atoms with E-state index in [4.69, 9.17) is 47.4 Å². The summed E-state index contributed by atoms with van der Waals surface area (Å²) < 4.78 is 59.9. The number of aliphatic hydroxyl groups is 3. The molecule has 308 valence electrons. The van der Waals surface area contributed by atoms with Crippen molar-refractivity contribution in [3.05, 3.63) is 23.3 Å². The molecule has 6 heterocycles. The Morgan fingerprint density at radius 1 is 0.818 bits per heavy atom. The highest BCUT2D eigenvalue weighted by atomic mass is 16.8. The van der Waals surface area contributed by atoms with Crippen LogP contribution in [0, 0.1) is 23.2 Å². The molecule has 0 bridgehead atoms. The Balaban J connectivity index is 0.850. The van der Waals surface area contributed by atoms with Crippen LogP contribution in [-0.4, -0.2) is 133 Å². The predicted octanol–water partition coefficient (Wildman–Crippen LogP) is 2.56. The molecule has 0 amide bonds. The number of esters is 2. The Labute approximate surface area is 321 Å². The quantitative estimate of drug-likeness (QED) is 0.253. The molecule has 0 aromatic rings. The molecule has 0 radical (unpaired) electrons. The van der Waals surface area contributed by atoms with Crippen LogP contribution in [0.5, 0.6) is 0 Å². The van der Waals surface area contributed by atoms with Gasteiger partial charge in [0, 0.05) is 38.9 Å². The molecule has 15 nitrogen and oxygen atoms in total. The highest BCUT2D eigenvalue weighted by Gasteiger charge is 2.61. The van der Waals surface area contributed by atoms with Crippen LogP contribution in [0.4, 0.5) is 0 Å². The van der Waals surface area contributed by atoms with Crippen molar-refractivity contribution < 1.29 is 72.3 Å². The molecule has 55 heavy (non-hydrogen) atoms. The van der Waals surface area contributed by atoms with E-state index in [2.05, 4.69) is 13.0 Å². The first kappa shape index (κ1) is 39.8. The molecular formula is C40H58O15. The maximum absolute atomic E-state index is 13.7. The number of ether oxygens (including phenoxy) is 10. The number of methoxy groups -OCH3 is 1. The summed E-state index contributed by atoms with van der Waals surface area (Å²) in [5.74, 6) is -2.58. The number of hydrogen-bond donors (Lipinski definition) is 3. The lowest BCUT2D eigenvalue weighted by Crippen LogP contribution is -2.56. The molecular weight excluding hydrogens is 720 g/mol. The molecule has 8 aliphatic rings. The highest BCUT2D eigenvalue weighted by molar-refractivity contribution is 5.92. The van der Waals surface area contributed by atoms with Crippen molar-refractivity contribution in [2.24, 2.45) is 23.2 Å². The van der Waals surface area contributed by atoms with Crippen molar-refractivity contribution in [2.45, 2.75) is 178 Å². The van der Waals surface area contributed by atoms with E-state index in [9.17, 15) is 24.9 Å². The van der Waals surface area contributed by atoms with Crippen LogP contribution >= 0.6 is 0 Å². The van der Waals surface area contributed by atoms with E-state index in [-0.39, 0.29) is 48.8 Å². The first-order chi connectivity index (χ1) is 26.2. The largest absolute Gasteiger partial charge is 0.459 e. The molecule has 8 rings (SSSR count). The second-order valence-electron chi connectivity index (χ2n) is 17.3. The maximum Gasteiger partial charge on any atom is 0.336 e. The minimum absolute atomic E-state index is 0.0510. The van der Waals surface area contributed by atoms with E-state index in [0.717, 1.165) is 12.8 Å². The fourth-order valence-corrected chi connectivity index (χ4v) is 10.6. The van der Waals surface area contributed by atoms with Crippen molar-refractivity contribution in [3.8, 4) is 0 Å². The van der Waals surface area contributed by atoms with Gasteiger partial charge in [-0.15, -0.1) is 0 Å². The molecule has 6 aliphatic heterocycles. The van der Waals surface area contributed by atoms with E-state index in [0.29, 0.717) is 31.3 Å². The molecule has 5 saturated heterocycles. The van der Waals surface area contributed by atoms with Gasteiger partial charge in [0.1, 0.15) is 24.4 Å². The Bertz CT molecular complexity index is 1490. The summed E-state index contributed by atoms with van der Waals surface area (Å²) in [5.41, 5.74) is 1.48. The van der Waals surface area contributed by atoms with Gasteiger partial charge >= 0.3 is 11.9 Å². The maximum atomic E-state index is 13.7. The van der Waals surface area contributed by atoms with Gasteiger partial charge in [-0.2, -0.15) is 0 Å². The van der Waals surface area contributed by atoms with E-state index in [1.54, 1.807) is 20.8 Å². The van der Waals surface area contributed by atoms with Crippen LogP contribution in [0.3, 0.4) is 0 Å². The zero-order valence-corrected chi connectivity index (χ0v) is 32.6. The minimum Gasteiger partial charge on any atom is -0.459 e. The monoisotopic (exact) mass is 778 g/mol. The molecule has 0 aromatic heterocycles. The number of fused-ring (bicyclic) bond motifs is 3. The standard InChI is InChI=1S/C40H58O15/c1-18-34(43)28(46-6)16-32(48-18)54-36-20(3)50-31(15-27(36)42)53-35-19(2)49-30(14-26(35)41)51-22-11-12-39(4)21(13-22)7-8-23-25(39)10-9-24-33-29(52-37(23)44)17-47-40(33,5)55-38(24)45/h7,9,18-20,22-23,25-36,41-43H,8,10-17H2,1-6H3/b24-9-/t18-,19+,20+,22-,23+,25-,26+,27-,28-,29+,30-,31-,32+,33+,34+,35+,36+,39-,40+/m0/s1. The third-order valence-corrected chi connectivity index (χ3v) is 13.8. The lowest BCUT2D eigenvalue weighted by molar-refractivity contribution is -0.336. The Morgan fingerprint density at radius 2 is 1.45 bits per heavy atom. The van der Waals surface area contributed by atoms with Gasteiger partial charge in [-0.1, -0.05) is 24.6 Å². The first-order valence-electron chi connectivity index (χ1n) is 20.1. The van der Waals surface area contributed by atoms with Crippen LogP contribution in [0.2, 0.25) is 0 Å². The third kappa shape index (κ3) is 7.34. The van der Waals surface area contributed by atoms with Crippen molar-refractivity contribution in [1.82, 2.24) is 0 Å². The molecule has 0 spiro atoms. The first-order valence-corrected chi connectivity index (χ1v) is 20.1. The summed E-state index contributed by atoms with van der Waals surface area (Å²) in [6.45, 7) is 9.52. The summed E-state index contributed by atoms with van der Waals surface area (Å²) in [5, 5.41) is 32.6. The molecule has 0 aromatic carbocycles. The van der Waals surface area contributed by atoms with Crippen LogP contribution in [0.15, 0.2) is 23.3 Å². The van der Waals surface area contributed by atoms with Gasteiger partial charge in [-0.05, 0) is 64.2 Å². The van der Waals surface area contributed by atoms with E-state index in [1.165, 1.54) is 12.7 Å². The second kappa shape index (κ2) is 15.3. The molecule has 6 fully saturated rings. The fraction of sp³-hybridized carbons (Fsp3) is 0.850. The van der Waals surface area contributed by atoms with Crippen molar-refractivity contribution >= 4 is 11.9 Å². The Kier molecular flexibility index (Phi) is 11.1. The van der Waals surface area contributed by atoms with Gasteiger partial charge in [0.15, 0.2) is 18.9 Å². The minimum atomic E-state index is -1.11. The van der Waals surface area contributed by atoms with Crippen LogP contribution in [-0.2, 0) is 57.0 Å². The van der Waals surface area contributed by atoms with E-state index < -0.39 is 97.6 Å². The molecule has 0 unspecified atom stereocenters. The number of aliphatic hydroxyl groups excluding tert-OH is 3. The second-order valence-corrected chi connectivity index (χ2v) is 17.3. The van der Waals surface area contributed by atoms with Crippen molar-refractivity contribution in [1.29, 1.82) is 0 Å². The van der Waals surface area contributed by atoms with Gasteiger partial charge in [0.2, 0.25) is 5.79 Å². The topological polar surface area (TPSA) is 187 Å². The smallest absolute Gasteiger partial charge is 0.336 e. The summed E-state index contributed by atoms with van der Waals surface area (Å²) >= 11 is 0. The number of allylic oxidation sites excluding steroid dienone is 2. The Morgan fingerprint density at radius 3 is 2.11 bits per heavy atom. The highest BCUT2D eigenvalue weighted by Crippen LogP contribution is 2.56. The zero-order chi connectivity index (χ0) is 39.0. The molecule has 19 atom stereocenters. The molecule has 2 aliphatic carbocycles. The number of rotatable bonds is 7. The number of carbonyl (C=O) groups is 2. The van der Waals surface area contributed by atoms with Crippen LogP contribution < -0.4 is 0 Å². The van der Waals surface area contributed by atoms with Gasteiger partial charge < -0.3 is 62.7 Å². The van der Waals surface area contributed by atoms with Gasteiger partial charge in [0.25, 0.3) is 0 Å². The SMILES string of the molecule is CO[C@H]1C[C@@H](O[C@H]2[C@@H](O)C[C@H](O[C@H]3[C@H](O)C[C@H](O[C@H]4CC[C@@]5(C)C(=CC[C@H]6C(=O)O[C@@H]7CO[C@]8(C)OC(=O)/C(=C\C[C@@H]65)[C@H]78)C4)O[C@@H]3C)O[C@@H]2C)O[C@@H](C)[C@H]1O. The molecule has 1 saturated carbocycles. The predicted molar refractivity (Wildman–Crippen MR) is 188 cm³/mol. The molecule has 15 heteroatoms. The lowest BCUT2D eigenvalue weighted by atomic mass is 9.55. The average molecular weight is 779 g/mol. The van der Waals surface area contributed by atoms with Crippen LogP contribution in [0.25, 0.3) is 0 Å². The summed E-state index contributed by atoms with van der Waals surface area (Å²) in [7, 11) is 1.53. The third-order valence-electron chi connectivity index (χ3n) is 13.8. The zero-order valence-electron chi connectivity index (χ0n) is 32.6. The van der Waals surface area contributed by atoms with Crippen molar-refractivity contribution in [3.63, 3.8) is 0 Å². The van der Waals surface area contributed by atoms with Gasteiger partial charge in [-0.3, -0.25) is 4.79 Å².